The molecule has 0 spiro atoms. The van der Waals surface area contributed by atoms with E-state index in [1.807, 2.05) is 37.3 Å². The second kappa shape index (κ2) is 6.26. The number of aryl methyl sites for hydroxylation is 1. The predicted octanol–water partition coefficient (Wildman–Crippen LogP) is 4.13. The molecule has 5 nitrogen and oxygen atoms in total. The van der Waals surface area contributed by atoms with E-state index in [1.54, 1.807) is 12.1 Å². The number of fused-ring (bicyclic) bond motifs is 3. The Hall–Kier alpha value is -2.79. The molecule has 1 N–H and O–H groups in total. The van der Waals surface area contributed by atoms with Crippen LogP contribution in [0, 0.1) is 6.92 Å². The first-order chi connectivity index (χ1) is 12.1. The summed E-state index contributed by atoms with van der Waals surface area (Å²) in [7, 11) is 0. The van der Waals surface area contributed by atoms with E-state index in [1.165, 1.54) is 0 Å². The number of rotatable bonds is 3. The Kier molecular flexibility index (Phi) is 3.93. The van der Waals surface area contributed by atoms with E-state index in [2.05, 4.69) is 10.5 Å². The second-order valence-corrected chi connectivity index (χ2v) is 6.37. The van der Waals surface area contributed by atoms with Gasteiger partial charge in [0.1, 0.15) is 12.4 Å². The lowest BCUT2D eigenvalue weighted by atomic mass is 10.0. The van der Waals surface area contributed by atoms with Gasteiger partial charge in [0.15, 0.2) is 11.5 Å². The third kappa shape index (κ3) is 2.98. The number of carbonyl (C=O) groups is 1. The van der Waals surface area contributed by atoms with Gasteiger partial charge in [0.2, 0.25) is 0 Å². The van der Waals surface area contributed by atoms with Gasteiger partial charge in [-0.25, -0.2) is 0 Å². The van der Waals surface area contributed by atoms with Crippen molar-refractivity contribution in [3.05, 3.63) is 69.9 Å². The van der Waals surface area contributed by atoms with Crippen LogP contribution in [0.15, 0.2) is 47.0 Å². The van der Waals surface area contributed by atoms with Gasteiger partial charge in [0.05, 0.1) is 11.1 Å². The van der Waals surface area contributed by atoms with E-state index in [-0.39, 0.29) is 18.2 Å². The smallest absolute Gasteiger partial charge is 0.274 e. The number of hydrogen-bond donors (Lipinski definition) is 1. The minimum absolute atomic E-state index is 0.260. The van der Waals surface area contributed by atoms with Gasteiger partial charge in [-0.1, -0.05) is 40.5 Å². The molecule has 25 heavy (non-hydrogen) atoms. The van der Waals surface area contributed by atoms with Gasteiger partial charge in [-0.05, 0) is 36.8 Å². The summed E-state index contributed by atoms with van der Waals surface area (Å²) < 4.78 is 11.2. The standard InChI is InChI=1S/C19H15ClN2O3/c1-11-2-7-16-14(8-11)18-15(10-24-16)17(22-25-18)19(23)21-9-12-3-5-13(20)6-4-12/h2-8H,9-10H2,1H3,(H,21,23). The molecule has 0 atom stereocenters. The van der Waals surface area contributed by atoms with E-state index in [4.69, 9.17) is 20.9 Å². The zero-order valence-electron chi connectivity index (χ0n) is 13.5. The van der Waals surface area contributed by atoms with Crippen LogP contribution in [0.4, 0.5) is 0 Å². The predicted molar refractivity (Wildman–Crippen MR) is 93.6 cm³/mol. The van der Waals surface area contributed by atoms with Crippen LogP contribution in [-0.2, 0) is 13.2 Å². The van der Waals surface area contributed by atoms with Crippen molar-refractivity contribution >= 4 is 17.5 Å². The van der Waals surface area contributed by atoms with Gasteiger partial charge >= 0.3 is 0 Å². The molecule has 0 unspecified atom stereocenters. The topological polar surface area (TPSA) is 64.4 Å². The van der Waals surface area contributed by atoms with E-state index < -0.39 is 0 Å². The van der Waals surface area contributed by atoms with E-state index in [0.29, 0.717) is 22.9 Å². The Morgan fingerprint density at radius 2 is 2.04 bits per heavy atom. The number of nitrogens with one attached hydrogen (secondary N) is 1. The van der Waals surface area contributed by atoms with Crippen LogP contribution in [0.25, 0.3) is 11.3 Å². The summed E-state index contributed by atoms with van der Waals surface area (Å²) in [5.74, 6) is 1.05. The first-order valence-corrected chi connectivity index (χ1v) is 8.24. The van der Waals surface area contributed by atoms with Gasteiger partial charge < -0.3 is 14.6 Å². The summed E-state index contributed by atoms with van der Waals surface area (Å²) in [6.07, 6.45) is 0. The summed E-state index contributed by atoms with van der Waals surface area (Å²) in [5.41, 5.74) is 3.79. The summed E-state index contributed by atoms with van der Waals surface area (Å²) in [6.45, 7) is 2.64. The fourth-order valence-corrected chi connectivity index (χ4v) is 2.92. The minimum atomic E-state index is -0.292. The van der Waals surface area contributed by atoms with Crippen molar-refractivity contribution < 1.29 is 14.1 Å². The Labute approximate surface area is 149 Å². The van der Waals surface area contributed by atoms with Gasteiger partial charge in [-0.15, -0.1) is 0 Å². The van der Waals surface area contributed by atoms with Gasteiger partial charge in [0, 0.05) is 11.6 Å². The summed E-state index contributed by atoms with van der Waals surface area (Å²) in [4.78, 5) is 12.5. The van der Waals surface area contributed by atoms with Crippen molar-refractivity contribution in [3.63, 3.8) is 0 Å². The molecule has 6 heteroatoms. The Bertz CT molecular complexity index is 948. The molecule has 126 valence electrons. The van der Waals surface area contributed by atoms with Crippen molar-refractivity contribution in [2.24, 2.45) is 0 Å². The highest BCUT2D eigenvalue weighted by Crippen LogP contribution is 2.39. The highest BCUT2D eigenvalue weighted by Gasteiger charge is 2.28. The number of carbonyl (C=O) groups excluding carboxylic acids is 1. The molecule has 3 aromatic rings. The summed E-state index contributed by atoms with van der Waals surface area (Å²) in [6, 6.07) is 13.1. The molecule has 1 aromatic heterocycles. The van der Waals surface area contributed by atoms with Crippen molar-refractivity contribution in [2.45, 2.75) is 20.1 Å². The van der Waals surface area contributed by atoms with Crippen molar-refractivity contribution in [2.75, 3.05) is 0 Å². The van der Waals surface area contributed by atoms with Crippen LogP contribution in [0.3, 0.4) is 0 Å². The van der Waals surface area contributed by atoms with E-state index in [9.17, 15) is 4.79 Å². The van der Waals surface area contributed by atoms with E-state index >= 15 is 0 Å². The Morgan fingerprint density at radius 1 is 1.24 bits per heavy atom. The number of benzene rings is 2. The summed E-state index contributed by atoms with van der Waals surface area (Å²) in [5, 5.41) is 7.47. The number of halogens is 1. The molecule has 0 saturated carbocycles. The summed E-state index contributed by atoms with van der Waals surface area (Å²) >= 11 is 5.86. The molecule has 0 bridgehead atoms. The quantitative estimate of drug-likeness (QED) is 0.768. The molecule has 0 saturated heterocycles. The Balaban J connectivity index is 1.56. The monoisotopic (exact) mass is 354 g/mol. The number of hydrogen-bond acceptors (Lipinski definition) is 4. The SMILES string of the molecule is Cc1ccc2c(c1)-c1onc(C(=O)NCc3ccc(Cl)cc3)c1CO2. The molecule has 1 aliphatic rings. The van der Waals surface area contributed by atoms with Crippen molar-refractivity contribution in [3.8, 4) is 17.1 Å². The van der Waals surface area contributed by atoms with Gasteiger partial charge in [-0.2, -0.15) is 0 Å². The molecule has 2 aromatic carbocycles. The number of amides is 1. The maximum absolute atomic E-state index is 12.5. The maximum Gasteiger partial charge on any atom is 0.274 e. The average molecular weight is 355 g/mol. The molecule has 0 aliphatic carbocycles. The molecule has 1 amide bonds. The third-order valence-electron chi connectivity index (χ3n) is 4.12. The molecule has 0 radical (unpaired) electrons. The number of ether oxygens (including phenoxy) is 1. The highest BCUT2D eigenvalue weighted by molar-refractivity contribution is 6.30. The average Bonchev–Trinajstić information content (AvgIpc) is 3.05. The molecular formula is C19H15ClN2O3. The first-order valence-electron chi connectivity index (χ1n) is 7.87. The van der Waals surface area contributed by atoms with Crippen LogP contribution in [0.1, 0.15) is 27.2 Å². The van der Waals surface area contributed by atoms with Crippen LogP contribution >= 0.6 is 11.6 Å². The van der Waals surface area contributed by atoms with Crippen LogP contribution in [0.2, 0.25) is 5.02 Å². The third-order valence-corrected chi connectivity index (χ3v) is 4.37. The fraction of sp³-hybridized carbons (Fsp3) is 0.158. The van der Waals surface area contributed by atoms with Crippen LogP contribution < -0.4 is 10.1 Å². The molecule has 1 aliphatic heterocycles. The molecule has 0 fully saturated rings. The fourth-order valence-electron chi connectivity index (χ4n) is 2.80. The number of nitrogens with zero attached hydrogens (tertiary/aromatic N) is 1. The lowest BCUT2D eigenvalue weighted by molar-refractivity contribution is 0.0940. The molecular weight excluding hydrogens is 340 g/mol. The normalized spacial score (nSPS) is 12.1. The highest BCUT2D eigenvalue weighted by atomic mass is 35.5. The molecule has 2 heterocycles. The molecule has 4 rings (SSSR count). The lowest BCUT2D eigenvalue weighted by Gasteiger charge is -2.16. The number of aromatic nitrogens is 1. The van der Waals surface area contributed by atoms with Crippen LogP contribution in [-0.4, -0.2) is 11.1 Å². The zero-order valence-corrected chi connectivity index (χ0v) is 14.3. The maximum atomic E-state index is 12.5. The van der Waals surface area contributed by atoms with Crippen LogP contribution in [0.5, 0.6) is 5.75 Å². The van der Waals surface area contributed by atoms with Gasteiger partial charge in [-0.3, -0.25) is 4.79 Å². The zero-order chi connectivity index (χ0) is 17.4. The Morgan fingerprint density at radius 3 is 2.84 bits per heavy atom. The van der Waals surface area contributed by atoms with Crippen molar-refractivity contribution in [1.29, 1.82) is 0 Å². The van der Waals surface area contributed by atoms with E-state index in [0.717, 1.165) is 22.4 Å². The minimum Gasteiger partial charge on any atom is -0.488 e. The van der Waals surface area contributed by atoms with Crippen molar-refractivity contribution in [1.82, 2.24) is 10.5 Å². The lowest BCUT2D eigenvalue weighted by Crippen LogP contribution is -2.24. The second-order valence-electron chi connectivity index (χ2n) is 5.94. The largest absolute Gasteiger partial charge is 0.488 e. The van der Waals surface area contributed by atoms with Gasteiger partial charge in [0.25, 0.3) is 5.91 Å². The first kappa shape index (κ1) is 15.7.